The molecule has 0 aliphatic carbocycles. The van der Waals surface area contributed by atoms with E-state index in [0.717, 1.165) is 37.6 Å². The minimum atomic E-state index is 0.0868. The van der Waals surface area contributed by atoms with Gasteiger partial charge in [0.05, 0.1) is 6.61 Å². The molecule has 2 aliphatic rings. The van der Waals surface area contributed by atoms with Crippen LogP contribution in [0, 0.1) is 0 Å². The molecule has 4 nitrogen and oxygen atoms in total. The van der Waals surface area contributed by atoms with E-state index in [0.29, 0.717) is 6.61 Å². The topological polar surface area (TPSA) is 44.3 Å². The van der Waals surface area contributed by atoms with Crippen molar-refractivity contribution in [3.8, 4) is 11.5 Å². The van der Waals surface area contributed by atoms with Crippen LogP contribution in [-0.2, 0) is 11.2 Å². The number of rotatable bonds is 4. The molecule has 0 aromatic heterocycles. The molecular formula is C19H22NO3+. The second kappa shape index (κ2) is 6.60. The highest BCUT2D eigenvalue weighted by Gasteiger charge is 2.25. The van der Waals surface area contributed by atoms with E-state index in [1.54, 1.807) is 0 Å². The summed E-state index contributed by atoms with van der Waals surface area (Å²) in [6.45, 7) is 3.20. The molecule has 0 radical (unpaired) electrons. The zero-order valence-electron chi connectivity index (χ0n) is 13.1. The summed E-state index contributed by atoms with van der Waals surface area (Å²) in [5.41, 5.74) is 2.75. The van der Waals surface area contributed by atoms with Crippen LogP contribution in [-0.4, -0.2) is 32.4 Å². The van der Waals surface area contributed by atoms with Gasteiger partial charge in [-0.3, -0.25) is 0 Å². The van der Waals surface area contributed by atoms with Gasteiger partial charge in [-0.2, -0.15) is 0 Å². The molecule has 0 spiro atoms. The highest BCUT2D eigenvalue weighted by atomic mass is 16.6. The lowest BCUT2D eigenvalue weighted by atomic mass is 9.97. The molecule has 0 saturated carbocycles. The van der Waals surface area contributed by atoms with Crippen LogP contribution in [0.25, 0.3) is 0 Å². The van der Waals surface area contributed by atoms with Crippen LogP contribution in [0.2, 0.25) is 0 Å². The Morgan fingerprint density at radius 2 is 1.78 bits per heavy atom. The Balaban J connectivity index is 1.32. The fourth-order valence-electron chi connectivity index (χ4n) is 3.28. The van der Waals surface area contributed by atoms with Gasteiger partial charge in [-0.1, -0.05) is 36.4 Å². The maximum Gasteiger partial charge on any atom is 0.181 e. The highest BCUT2D eigenvalue weighted by molar-refractivity contribution is 5.40. The number of ether oxygens (including phenoxy) is 3. The smallest absolute Gasteiger partial charge is 0.181 e. The highest BCUT2D eigenvalue weighted by Crippen LogP contribution is 2.30. The van der Waals surface area contributed by atoms with Crippen molar-refractivity contribution >= 4 is 0 Å². The first kappa shape index (κ1) is 14.5. The van der Waals surface area contributed by atoms with Gasteiger partial charge in [-0.15, -0.1) is 0 Å². The van der Waals surface area contributed by atoms with Crippen molar-refractivity contribution in [1.29, 1.82) is 0 Å². The largest absolute Gasteiger partial charge is 0.486 e. The molecule has 4 heteroatoms. The molecule has 0 saturated heterocycles. The molecule has 23 heavy (non-hydrogen) atoms. The fraction of sp³-hybridized carbons (Fsp3) is 0.368. The minimum Gasteiger partial charge on any atom is -0.486 e. The first-order valence-electron chi connectivity index (χ1n) is 8.30. The van der Waals surface area contributed by atoms with Crippen LogP contribution in [0.5, 0.6) is 11.5 Å². The van der Waals surface area contributed by atoms with E-state index in [1.165, 1.54) is 11.1 Å². The summed E-state index contributed by atoms with van der Waals surface area (Å²) in [5.74, 6) is 1.68. The Hall–Kier alpha value is -2.04. The standard InChI is InChI=1S/C19H21NO3/c1-2-6-16-14(5-1)9-10-21-19(16)12-20-11-15-13-22-17-7-3-4-8-18(17)23-15/h1-8,15,19-20H,9-13H2/p+1/t15-,19-/m0/s1. The van der Waals surface area contributed by atoms with Gasteiger partial charge in [0.15, 0.2) is 17.6 Å². The molecule has 0 amide bonds. The molecule has 2 aliphatic heterocycles. The van der Waals surface area contributed by atoms with Crippen molar-refractivity contribution in [1.82, 2.24) is 0 Å². The number of quaternary nitrogens is 1. The average Bonchev–Trinajstić information content (AvgIpc) is 2.62. The second-order valence-electron chi connectivity index (χ2n) is 6.07. The van der Waals surface area contributed by atoms with Gasteiger partial charge in [-0.25, -0.2) is 0 Å². The summed E-state index contributed by atoms with van der Waals surface area (Å²) in [7, 11) is 0. The number of hydrogen-bond acceptors (Lipinski definition) is 3. The lowest BCUT2D eigenvalue weighted by molar-refractivity contribution is -0.668. The van der Waals surface area contributed by atoms with Crippen molar-refractivity contribution in [2.24, 2.45) is 0 Å². The zero-order valence-corrected chi connectivity index (χ0v) is 13.1. The van der Waals surface area contributed by atoms with Gasteiger partial charge in [0.25, 0.3) is 0 Å². The van der Waals surface area contributed by atoms with Crippen molar-refractivity contribution in [3.05, 3.63) is 59.7 Å². The molecular weight excluding hydrogens is 290 g/mol. The van der Waals surface area contributed by atoms with Crippen LogP contribution in [0.4, 0.5) is 0 Å². The number of hydrogen-bond donors (Lipinski definition) is 1. The van der Waals surface area contributed by atoms with E-state index in [2.05, 4.69) is 29.6 Å². The average molecular weight is 312 g/mol. The van der Waals surface area contributed by atoms with E-state index in [9.17, 15) is 0 Å². The van der Waals surface area contributed by atoms with E-state index in [4.69, 9.17) is 14.2 Å². The summed E-state index contributed by atoms with van der Waals surface area (Å²) in [5, 5.41) is 2.27. The van der Waals surface area contributed by atoms with Crippen molar-refractivity contribution in [3.63, 3.8) is 0 Å². The van der Waals surface area contributed by atoms with E-state index < -0.39 is 0 Å². The first-order valence-corrected chi connectivity index (χ1v) is 8.30. The molecule has 4 rings (SSSR count). The Kier molecular flexibility index (Phi) is 4.18. The Bertz CT molecular complexity index is 673. The van der Waals surface area contributed by atoms with E-state index in [-0.39, 0.29) is 12.2 Å². The van der Waals surface area contributed by atoms with Crippen LogP contribution < -0.4 is 14.8 Å². The summed E-state index contributed by atoms with van der Waals surface area (Å²) < 4.78 is 17.7. The SMILES string of the molecule is c1ccc2c(c1)CCO[C@H]2C[NH2+]C[C@H]1COc2ccccc2O1. The molecule has 0 unspecified atom stereocenters. The van der Waals surface area contributed by atoms with Gasteiger partial charge in [-0.05, 0) is 29.7 Å². The Morgan fingerprint density at radius 1 is 0.957 bits per heavy atom. The van der Waals surface area contributed by atoms with Crippen molar-refractivity contribution in [2.45, 2.75) is 18.6 Å². The normalized spacial score (nSPS) is 22.4. The summed E-state index contributed by atoms with van der Waals surface area (Å²) >= 11 is 0. The molecule has 2 aromatic carbocycles. The maximum atomic E-state index is 5.99. The minimum absolute atomic E-state index is 0.0868. The summed E-state index contributed by atoms with van der Waals surface area (Å²) in [6.07, 6.45) is 1.28. The molecule has 120 valence electrons. The van der Waals surface area contributed by atoms with Gasteiger partial charge in [0, 0.05) is 0 Å². The van der Waals surface area contributed by atoms with Crippen molar-refractivity contribution in [2.75, 3.05) is 26.3 Å². The van der Waals surface area contributed by atoms with E-state index in [1.807, 2.05) is 24.3 Å². The van der Waals surface area contributed by atoms with Crippen LogP contribution in [0.15, 0.2) is 48.5 Å². The predicted molar refractivity (Wildman–Crippen MR) is 86.9 cm³/mol. The zero-order chi connectivity index (χ0) is 15.5. The summed E-state index contributed by atoms with van der Waals surface area (Å²) in [4.78, 5) is 0. The third-order valence-electron chi connectivity index (χ3n) is 4.47. The third kappa shape index (κ3) is 3.19. The molecule has 2 atom stereocenters. The van der Waals surface area contributed by atoms with Gasteiger partial charge >= 0.3 is 0 Å². The monoisotopic (exact) mass is 312 g/mol. The quantitative estimate of drug-likeness (QED) is 0.935. The molecule has 2 heterocycles. The van der Waals surface area contributed by atoms with Crippen LogP contribution in [0.3, 0.4) is 0 Å². The number of benzene rings is 2. The molecule has 2 aromatic rings. The molecule has 0 fully saturated rings. The first-order chi connectivity index (χ1) is 11.4. The maximum absolute atomic E-state index is 5.99. The number of para-hydroxylation sites is 2. The lowest BCUT2D eigenvalue weighted by Gasteiger charge is -2.27. The van der Waals surface area contributed by atoms with Crippen LogP contribution in [0.1, 0.15) is 17.2 Å². The van der Waals surface area contributed by atoms with Crippen molar-refractivity contribution < 1.29 is 19.5 Å². The third-order valence-corrected chi connectivity index (χ3v) is 4.47. The fourth-order valence-corrected chi connectivity index (χ4v) is 3.28. The van der Waals surface area contributed by atoms with Gasteiger partial charge in [0.2, 0.25) is 0 Å². The van der Waals surface area contributed by atoms with Gasteiger partial charge in [0.1, 0.15) is 25.8 Å². The van der Waals surface area contributed by atoms with Crippen LogP contribution >= 0.6 is 0 Å². The Labute approximate surface area is 136 Å². The molecule has 0 bridgehead atoms. The molecule has 2 N–H and O–H groups in total. The Morgan fingerprint density at radius 3 is 2.74 bits per heavy atom. The van der Waals surface area contributed by atoms with Gasteiger partial charge < -0.3 is 19.5 Å². The summed E-state index contributed by atoms with van der Waals surface area (Å²) in [6, 6.07) is 16.4. The lowest BCUT2D eigenvalue weighted by Crippen LogP contribution is -2.88. The van der Waals surface area contributed by atoms with E-state index >= 15 is 0 Å². The number of fused-ring (bicyclic) bond motifs is 2. The number of nitrogens with two attached hydrogens (primary N) is 1. The second-order valence-corrected chi connectivity index (χ2v) is 6.07. The predicted octanol–water partition coefficient (Wildman–Crippen LogP) is 1.70.